The molecule has 0 saturated carbocycles. The highest BCUT2D eigenvalue weighted by atomic mass is 16.2. The van der Waals surface area contributed by atoms with Gasteiger partial charge in [-0.25, -0.2) is 4.79 Å². The zero-order valence-electron chi connectivity index (χ0n) is 7.68. The van der Waals surface area contributed by atoms with E-state index in [4.69, 9.17) is 0 Å². The van der Waals surface area contributed by atoms with Gasteiger partial charge in [0.05, 0.1) is 5.54 Å². The van der Waals surface area contributed by atoms with Crippen molar-refractivity contribution in [2.24, 2.45) is 5.92 Å². The number of fused-ring (bicyclic) bond motifs is 2. The number of carbonyl (C=O) groups is 1. The zero-order chi connectivity index (χ0) is 8.89. The lowest BCUT2D eigenvalue weighted by Gasteiger charge is -2.50. The summed E-state index contributed by atoms with van der Waals surface area (Å²) in [5, 5.41) is 6.00. The Morgan fingerprint density at radius 2 is 2.15 bits per heavy atom. The Morgan fingerprint density at radius 3 is 2.62 bits per heavy atom. The lowest BCUT2D eigenvalue weighted by molar-refractivity contribution is 0.0260. The van der Waals surface area contributed by atoms with E-state index >= 15 is 0 Å². The highest BCUT2D eigenvalue weighted by Crippen LogP contribution is 2.36. The van der Waals surface area contributed by atoms with Gasteiger partial charge >= 0.3 is 6.03 Å². The van der Waals surface area contributed by atoms with E-state index in [-0.39, 0.29) is 11.6 Å². The van der Waals surface area contributed by atoms with Gasteiger partial charge in [-0.3, -0.25) is 0 Å². The summed E-state index contributed by atoms with van der Waals surface area (Å²) in [4.78, 5) is 13.6. The molecule has 0 unspecified atom stereocenters. The number of nitrogens with one attached hydrogen (secondary N) is 2. The summed E-state index contributed by atoms with van der Waals surface area (Å²) in [5.74, 6) is 0.705. The predicted octanol–water partition coefficient (Wildman–Crippen LogP) is -0.236. The number of nitrogens with zero attached hydrogens (tertiary/aromatic N) is 1. The molecule has 0 aromatic rings. The summed E-state index contributed by atoms with van der Waals surface area (Å²) in [7, 11) is 0. The molecule has 4 rings (SSSR count). The van der Waals surface area contributed by atoms with Crippen LogP contribution in [0.5, 0.6) is 0 Å². The number of rotatable bonds is 0. The molecule has 2 N–H and O–H groups in total. The minimum atomic E-state index is 0.0220. The van der Waals surface area contributed by atoms with Crippen molar-refractivity contribution < 1.29 is 4.79 Å². The quantitative estimate of drug-likeness (QED) is 0.542. The molecular formula is C9H15N3O. The fourth-order valence-electron chi connectivity index (χ4n) is 3.07. The Bertz CT molecular complexity index is 247. The summed E-state index contributed by atoms with van der Waals surface area (Å²) in [6.45, 7) is 4.33. The molecule has 4 saturated heterocycles. The highest BCUT2D eigenvalue weighted by molar-refractivity contribution is 5.77. The number of carbonyl (C=O) groups excluding carboxylic acids is 1. The van der Waals surface area contributed by atoms with E-state index in [9.17, 15) is 4.79 Å². The molecule has 4 aliphatic heterocycles. The lowest BCUT2D eigenvalue weighted by Crippen LogP contribution is -2.65. The molecule has 72 valence electrons. The predicted molar refractivity (Wildman–Crippen MR) is 48.4 cm³/mol. The normalized spacial score (nSPS) is 47.8. The summed E-state index contributed by atoms with van der Waals surface area (Å²) >= 11 is 0. The first kappa shape index (κ1) is 7.62. The smallest absolute Gasteiger partial charge is 0.315 e. The SMILES string of the molecule is O=C1NC[C@@]2(CN3CCC2CC3)N1. The van der Waals surface area contributed by atoms with Crippen LogP contribution in [0.4, 0.5) is 4.79 Å². The van der Waals surface area contributed by atoms with Gasteiger partial charge in [0.15, 0.2) is 0 Å². The maximum Gasteiger partial charge on any atom is 0.315 e. The molecular weight excluding hydrogens is 166 g/mol. The minimum absolute atomic E-state index is 0.0220. The van der Waals surface area contributed by atoms with Gasteiger partial charge in [0.25, 0.3) is 0 Å². The van der Waals surface area contributed by atoms with Crippen molar-refractivity contribution in [3.8, 4) is 0 Å². The molecule has 0 aromatic carbocycles. The molecule has 4 aliphatic rings. The molecule has 2 bridgehead atoms. The van der Waals surface area contributed by atoms with Gasteiger partial charge in [-0.05, 0) is 31.8 Å². The fraction of sp³-hybridized carbons (Fsp3) is 0.889. The van der Waals surface area contributed by atoms with Crippen LogP contribution in [0.3, 0.4) is 0 Å². The highest BCUT2D eigenvalue weighted by Gasteiger charge is 2.50. The summed E-state index contributed by atoms with van der Waals surface area (Å²) in [5.41, 5.74) is 0.0770. The minimum Gasteiger partial charge on any atom is -0.336 e. The van der Waals surface area contributed by atoms with Gasteiger partial charge in [-0.1, -0.05) is 0 Å². The topological polar surface area (TPSA) is 44.4 Å². The Kier molecular flexibility index (Phi) is 1.39. The molecule has 0 aromatic heterocycles. The van der Waals surface area contributed by atoms with Crippen molar-refractivity contribution in [3.63, 3.8) is 0 Å². The third-order valence-corrected chi connectivity index (χ3v) is 3.80. The number of hydrogen-bond donors (Lipinski definition) is 2. The Balaban J connectivity index is 1.87. The van der Waals surface area contributed by atoms with E-state index in [1.807, 2.05) is 0 Å². The third-order valence-electron chi connectivity index (χ3n) is 3.80. The van der Waals surface area contributed by atoms with E-state index in [0.29, 0.717) is 5.92 Å². The van der Waals surface area contributed by atoms with Crippen LogP contribution in [-0.2, 0) is 0 Å². The maximum atomic E-state index is 11.2. The van der Waals surface area contributed by atoms with Crippen molar-refractivity contribution in [2.45, 2.75) is 18.4 Å². The van der Waals surface area contributed by atoms with Crippen molar-refractivity contribution >= 4 is 6.03 Å². The monoisotopic (exact) mass is 181 g/mol. The Hall–Kier alpha value is -0.770. The first-order chi connectivity index (χ1) is 6.28. The molecule has 13 heavy (non-hydrogen) atoms. The lowest BCUT2D eigenvalue weighted by atomic mass is 9.73. The van der Waals surface area contributed by atoms with Gasteiger partial charge in [0.2, 0.25) is 0 Å². The summed E-state index contributed by atoms with van der Waals surface area (Å²) in [6.07, 6.45) is 2.50. The molecule has 0 radical (unpaired) electrons. The molecule has 1 atom stereocenters. The van der Waals surface area contributed by atoms with Crippen LogP contribution in [0, 0.1) is 5.92 Å². The van der Waals surface area contributed by atoms with Crippen LogP contribution in [0.15, 0.2) is 0 Å². The van der Waals surface area contributed by atoms with Gasteiger partial charge < -0.3 is 15.5 Å². The van der Waals surface area contributed by atoms with Gasteiger partial charge in [-0.15, -0.1) is 0 Å². The fourth-order valence-corrected chi connectivity index (χ4v) is 3.07. The van der Waals surface area contributed by atoms with E-state index in [1.54, 1.807) is 0 Å². The first-order valence-electron chi connectivity index (χ1n) is 5.07. The van der Waals surface area contributed by atoms with Gasteiger partial charge in [0.1, 0.15) is 0 Å². The average Bonchev–Trinajstić information content (AvgIpc) is 2.49. The van der Waals surface area contributed by atoms with Gasteiger partial charge in [-0.2, -0.15) is 0 Å². The van der Waals surface area contributed by atoms with Crippen molar-refractivity contribution in [1.82, 2.24) is 15.5 Å². The molecule has 4 heteroatoms. The zero-order valence-corrected chi connectivity index (χ0v) is 7.68. The van der Waals surface area contributed by atoms with E-state index in [2.05, 4.69) is 15.5 Å². The molecule has 0 aliphatic carbocycles. The molecule has 4 heterocycles. The van der Waals surface area contributed by atoms with Crippen LogP contribution in [0.25, 0.3) is 0 Å². The Labute approximate surface area is 77.7 Å². The third kappa shape index (κ3) is 0.981. The van der Waals surface area contributed by atoms with Crippen molar-refractivity contribution in [2.75, 3.05) is 26.2 Å². The number of piperidine rings is 3. The molecule has 2 amide bonds. The van der Waals surface area contributed by atoms with Crippen LogP contribution < -0.4 is 10.6 Å². The Morgan fingerprint density at radius 1 is 1.38 bits per heavy atom. The van der Waals surface area contributed by atoms with E-state index < -0.39 is 0 Å². The maximum absolute atomic E-state index is 11.2. The summed E-state index contributed by atoms with van der Waals surface area (Å²) in [6, 6.07) is 0.0220. The van der Waals surface area contributed by atoms with Crippen molar-refractivity contribution in [3.05, 3.63) is 0 Å². The van der Waals surface area contributed by atoms with Crippen LogP contribution in [0.2, 0.25) is 0 Å². The molecule has 4 fully saturated rings. The summed E-state index contributed by atoms with van der Waals surface area (Å²) < 4.78 is 0. The largest absolute Gasteiger partial charge is 0.336 e. The van der Waals surface area contributed by atoms with Crippen molar-refractivity contribution in [1.29, 1.82) is 0 Å². The number of amides is 2. The molecule has 4 nitrogen and oxygen atoms in total. The number of hydrogen-bond acceptors (Lipinski definition) is 2. The van der Waals surface area contributed by atoms with Crippen LogP contribution in [-0.4, -0.2) is 42.6 Å². The second-order valence-electron chi connectivity index (χ2n) is 4.51. The standard InChI is InChI=1S/C9H15N3O/c13-8-10-5-9(11-8)6-12-3-1-7(9)2-4-12/h7H,1-6H2,(H2,10,11,13)/t9-/m0/s1. The van der Waals surface area contributed by atoms with E-state index in [0.717, 1.165) is 13.1 Å². The van der Waals surface area contributed by atoms with Gasteiger partial charge in [0, 0.05) is 13.1 Å². The van der Waals surface area contributed by atoms with Crippen LogP contribution >= 0.6 is 0 Å². The first-order valence-corrected chi connectivity index (χ1v) is 5.07. The molecule has 1 spiro atoms. The van der Waals surface area contributed by atoms with Crippen LogP contribution in [0.1, 0.15) is 12.8 Å². The average molecular weight is 181 g/mol. The van der Waals surface area contributed by atoms with E-state index in [1.165, 1.54) is 25.9 Å². The second kappa shape index (κ2) is 2.38. The number of urea groups is 1. The second-order valence-corrected chi connectivity index (χ2v) is 4.51.